The van der Waals surface area contributed by atoms with E-state index in [4.69, 9.17) is 9.47 Å². The Labute approximate surface area is 208 Å². The molecule has 0 atom stereocenters. The number of anilines is 1. The molecule has 36 heavy (non-hydrogen) atoms. The lowest BCUT2D eigenvalue weighted by molar-refractivity contribution is 0.0792. The Balaban J connectivity index is 1.32. The first-order chi connectivity index (χ1) is 17.6. The molecule has 1 aliphatic rings. The largest absolute Gasteiger partial charge is 0.497 e. The van der Waals surface area contributed by atoms with Crippen molar-refractivity contribution in [1.29, 1.82) is 0 Å². The molecule has 1 saturated heterocycles. The average molecular weight is 486 g/mol. The maximum Gasteiger partial charge on any atom is 0.257 e. The molecule has 0 bridgehead atoms. The number of benzene rings is 2. The van der Waals surface area contributed by atoms with Crippen molar-refractivity contribution in [2.24, 2.45) is 0 Å². The standard InChI is InChI=1S/C27H27N5O4/c1-35-23-9-8-19(24(14-23)36-2)17-32-25-20(16-29-32)12-21(15-28-25)26(33)30-22-7-5-6-18(13-22)27(34)31-10-3-4-11-31/h5-9,12-16H,3-4,10-11,17H2,1-2H3,(H,30,33). The molecule has 1 aliphatic heterocycles. The van der Waals surface area contributed by atoms with Gasteiger partial charge in [-0.25, -0.2) is 9.67 Å². The Morgan fingerprint density at radius 1 is 0.972 bits per heavy atom. The number of rotatable bonds is 7. The molecule has 0 saturated carbocycles. The lowest BCUT2D eigenvalue weighted by Crippen LogP contribution is -2.27. The zero-order valence-electron chi connectivity index (χ0n) is 20.2. The van der Waals surface area contributed by atoms with E-state index >= 15 is 0 Å². The molecule has 0 spiro atoms. The molecule has 184 valence electrons. The summed E-state index contributed by atoms with van der Waals surface area (Å²) in [7, 11) is 3.22. The first-order valence-corrected chi connectivity index (χ1v) is 11.8. The summed E-state index contributed by atoms with van der Waals surface area (Å²) >= 11 is 0. The highest BCUT2D eigenvalue weighted by Gasteiger charge is 2.20. The molecular formula is C27H27N5O4. The molecule has 4 aromatic rings. The number of ether oxygens (including phenoxy) is 2. The number of carbonyl (C=O) groups excluding carboxylic acids is 2. The molecule has 0 radical (unpaired) electrons. The van der Waals surface area contributed by atoms with E-state index in [1.807, 2.05) is 23.1 Å². The minimum atomic E-state index is -0.306. The number of nitrogens with zero attached hydrogens (tertiary/aromatic N) is 4. The van der Waals surface area contributed by atoms with Crippen LogP contribution in [0.3, 0.4) is 0 Å². The first kappa shape index (κ1) is 23.3. The van der Waals surface area contributed by atoms with Crippen molar-refractivity contribution in [2.45, 2.75) is 19.4 Å². The summed E-state index contributed by atoms with van der Waals surface area (Å²) in [5, 5.41) is 8.07. The molecule has 5 rings (SSSR count). The fraction of sp³-hybridized carbons (Fsp3) is 0.259. The summed E-state index contributed by atoms with van der Waals surface area (Å²) in [5.74, 6) is 1.09. The van der Waals surface area contributed by atoms with E-state index in [0.29, 0.717) is 40.5 Å². The number of nitrogens with one attached hydrogen (secondary N) is 1. The third-order valence-electron chi connectivity index (χ3n) is 6.31. The Morgan fingerprint density at radius 2 is 1.81 bits per heavy atom. The van der Waals surface area contributed by atoms with Crippen molar-refractivity contribution < 1.29 is 19.1 Å². The highest BCUT2D eigenvalue weighted by Crippen LogP contribution is 2.26. The van der Waals surface area contributed by atoms with Crippen molar-refractivity contribution in [1.82, 2.24) is 19.7 Å². The van der Waals surface area contributed by atoms with Crippen molar-refractivity contribution >= 4 is 28.5 Å². The molecule has 9 nitrogen and oxygen atoms in total. The predicted octanol–water partition coefficient (Wildman–Crippen LogP) is 3.99. The fourth-order valence-electron chi connectivity index (χ4n) is 4.39. The van der Waals surface area contributed by atoms with Crippen LogP contribution in [0.15, 0.2) is 60.9 Å². The highest BCUT2D eigenvalue weighted by molar-refractivity contribution is 6.06. The van der Waals surface area contributed by atoms with Crippen LogP contribution >= 0.6 is 0 Å². The molecule has 9 heteroatoms. The average Bonchev–Trinajstić information content (AvgIpc) is 3.59. The normalized spacial score (nSPS) is 13.1. The Hall–Kier alpha value is -4.40. The van der Waals surface area contributed by atoms with Gasteiger partial charge in [0.25, 0.3) is 11.8 Å². The molecule has 0 unspecified atom stereocenters. The quantitative estimate of drug-likeness (QED) is 0.425. The van der Waals surface area contributed by atoms with Gasteiger partial charge in [-0.1, -0.05) is 6.07 Å². The third-order valence-corrected chi connectivity index (χ3v) is 6.31. The molecule has 1 fully saturated rings. The summed E-state index contributed by atoms with van der Waals surface area (Å²) < 4.78 is 12.5. The summed E-state index contributed by atoms with van der Waals surface area (Å²) in [6.07, 6.45) is 5.27. The minimum Gasteiger partial charge on any atom is -0.497 e. The molecule has 2 aromatic heterocycles. The van der Waals surface area contributed by atoms with Gasteiger partial charge < -0.3 is 19.7 Å². The number of hydrogen-bond acceptors (Lipinski definition) is 6. The van der Waals surface area contributed by atoms with Gasteiger partial charge in [0, 0.05) is 47.6 Å². The first-order valence-electron chi connectivity index (χ1n) is 11.8. The van der Waals surface area contributed by atoms with Crippen molar-refractivity contribution in [3.8, 4) is 11.5 Å². The minimum absolute atomic E-state index is 0.00686. The van der Waals surface area contributed by atoms with Crippen LogP contribution in [0.2, 0.25) is 0 Å². The van der Waals surface area contributed by atoms with Gasteiger partial charge in [-0.15, -0.1) is 0 Å². The highest BCUT2D eigenvalue weighted by atomic mass is 16.5. The number of carbonyl (C=O) groups is 2. The monoisotopic (exact) mass is 485 g/mol. The van der Waals surface area contributed by atoms with E-state index in [1.165, 1.54) is 6.20 Å². The molecule has 3 heterocycles. The maximum atomic E-state index is 12.9. The predicted molar refractivity (Wildman–Crippen MR) is 136 cm³/mol. The van der Waals surface area contributed by atoms with Gasteiger partial charge in [0.1, 0.15) is 11.5 Å². The second-order valence-corrected chi connectivity index (χ2v) is 8.65. The van der Waals surface area contributed by atoms with Gasteiger partial charge in [0.05, 0.1) is 32.5 Å². The van der Waals surface area contributed by atoms with E-state index in [1.54, 1.807) is 55.4 Å². The van der Waals surface area contributed by atoms with Gasteiger partial charge in [-0.3, -0.25) is 9.59 Å². The van der Waals surface area contributed by atoms with Crippen LogP contribution in [-0.2, 0) is 6.54 Å². The second kappa shape index (κ2) is 10.1. The number of hydrogen-bond donors (Lipinski definition) is 1. The lowest BCUT2D eigenvalue weighted by atomic mass is 10.1. The molecule has 0 aliphatic carbocycles. The van der Waals surface area contributed by atoms with Gasteiger partial charge in [0.15, 0.2) is 5.65 Å². The van der Waals surface area contributed by atoms with E-state index in [2.05, 4.69) is 15.4 Å². The van der Waals surface area contributed by atoms with Crippen LogP contribution < -0.4 is 14.8 Å². The second-order valence-electron chi connectivity index (χ2n) is 8.65. The smallest absolute Gasteiger partial charge is 0.257 e. The van der Waals surface area contributed by atoms with Crippen LogP contribution in [-0.4, -0.2) is 58.8 Å². The van der Waals surface area contributed by atoms with Crippen LogP contribution in [0.4, 0.5) is 5.69 Å². The van der Waals surface area contributed by atoms with Crippen molar-refractivity contribution in [3.63, 3.8) is 0 Å². The fourth-order valence-corrected chi connectivity index (χ4v) is 4.39. The molecule has 1 N–H and O–H groups in total. The topological polar surface area (TPSA) is 98.6 Å². The number of amides is 2. The van der Waals surface area contributed by atoms with Gasteiger partial charge in [0.2, 0.25) is 0 Å². The van der Waals surface area contributed by atoms with Gasteiger partial charge in [-0.2, -0.15) is 5.10 Å². The van der Waals surface area contributed by atoms with E-state index in [9.17, 15) is 9.59 Å². The van der Waals surface area contributed by atoms with Crippen LogP contribution in [0.5, 0.6) is 11.5 Å². The Bertz CT molecular complexity index is 1420. The number of aromatic nitrogens is 3. The van der Waals surface area contributed by atoms with Crippen molar-refractivity contribution in [2.75, 3.05) is 32.6 Å². The zero-order chi connectivity index (χ0) is 25.1. The maximum absolute atomic E-state index is 12.9. The Kier molecular flexibility index (Phi) is 6.53. The number of methoxy groups -OCH3 is 2. The van der Waals surface area contributed by atoms with Gasteiger partial charge in [-0.05, 0) is 49.2 Å². The number of fused-ring (bicyclic) bond motifs is 1. The lowest BCUT2D eigenvalue weighted by Gasteiger charge is -2.15. The van der Waals surface area contributed by atoms with E-state index < -0.39 is 0 Å². The summed E-state index contributed by atoms with van der Waals surface area (Å²) in [4.78, 5) is 32.0. The summed E-state index contributed by atoms with van der Waals surface area (Å²) in [6, 6.07) is 14.4. The third kappa shape index (κ3) is 4.72. The summed E-state index contributed by atoms with van der Waals surface area (Å²) in [5.41, 5.74) is 3.12. The SMILES string of the molecule is COc1ccc(Cn2ncc3cc(C(=O)Nc4cccc(C(=O)N5CCCC5)c4)cnc32)c(OC)c1. The van der Waals surface area contributed by atoms with Gasteiger partial charge >= 0.3 is 0 Å². The van der Waals surface area contributed by atoms with Crippen LogP contribution in [0, 0.1) is 0 Å². The van der Waals surface area contributed by atoms with Crippen LogP contribution in [0.25, 0.3) is 11.0 Å². The van der Waals surface area contributed by atoms with E-state index in [-0.39, 0.29) is 11.8 Å². The molecular weight excluding hydrogens is 458 g/mol. The number of likely N-dealkylation sites (tertiary alicyclic amines) is 1. The zero-order valence-corrected chi connectivity index (χ0v) is 20.2. The van der Waals surface area contributed by atoms with Crippen molar-refractivity contribution in [3.05, 3.63) is 77.6 Å². The molecule has 2 aromatic carbocycles. The molecule has 2 amide bonds. The number of pyridine rings is 1. The van der Waals surface area contributed by atoms with E-state index in [0.717, 1.165) is 36.9 Å². The summed E-state index contributed by atoms with van der Waals surface area (Å²) in [6.45, 7) is 2.01. The van der Waals surface area contributed by atoms with Crippen LogP contribution in [0.1, 0.15) is 39.1 Å². The Morgan fingerprint density at radius 3 is 2.58 bits per heavy atom.